The molecule has 0 bridgehead atoms. The van der Waals surface area contributed by atoms with Crippen molar-refractivity contribution in [2.45, 2.75) is 19.3 Å². The van der Waals surface area contributed by atoms with E-state index in [0.29, 0.717) is 37.7 Å². The van der Waals surface area contributed by atoms with Crippen LogP contribution < -0.4 is 4.74 Å². The molecule has 7 heteroatoms. The molecule has 0 spiro atoms. The van der Waals surface area contributed by atoms with Crippen LogP contribution in [-0.4, -0.2) is 23.0 Å². The van der Waals surface area contributed by atoms with Crippen molar-refractivity contribution in [3.8, 4) is 5.75 Å². The average Bonchev–Trinajstić information content (AvgIpc) is 2.85. The average molecular weight is 348 g/mol. The number of alkyl halides is 3. The van der Waals surface area contributed by atoms with Crippen molar-refractivity contribution in [2.24, 2.45) is 0 Å². The van der Waals surface area contributed by atoms with E-state index < -0.39 is 11.7 Å². The smallest absolute Gasteiger partial charge is 0.416 e. The minimum absolute atomic E-state index is 0.219. The van der Waals surface area contributed by atoms with Gasteiger partial charge >= 0.3 is 6.18 Å². The lowest BCUT2D eigenvalue weighted by molar-refractivity contribution is -0.137. The van der Waals surface area contributed by atoms with Gasteiger partial charge in [0.2, 0.25) is 5.89 Å². The molecule has 0 fully saturated rings. The molecule has 2 heterocycles. The van der Waals surface area contributed by atoms with Crippen molar-refractivity contribution in [1.29, 1.82) is 0 Å². The first-order valence-electron chi connectivity index (χ1n) is 7.89. The molecule has 0 amide bonds. The number of fused-ring (bicyclic) bond motifs is 2. The third-order valence-electron chi connectivity index (χ3n) is 4.15. The molecule has 0 saturated heterocycles. The maximum atomic E-state index is 12.8. The zero-order valence-corrected chi connectivity index (χ0v) is 13.2. The predicted molar refractivity (Wildman–Crippen MR) is 85.1 cm³/mol. The summed E-state index contributed by atoms with van der Waals surface area (Å²) in [7, 11) is 0. The second-order valence-corrected chi connectivity index (χ2v) is 5.95. The first-order valence-corrected chi connectivity index (χ1v) is 7.89. The van der Waals surface area contributed by atoms with Crippen LogP contribution in [0.1, 0.15) is 17.0 Å². The number of para-hydroxylation sites is 1. The first-order chi connectivity index (χ1) is 12.0. The number of rotatable bonds is 2. The number of nitrogens with zero attached hydrogens (tertiary/aromatic N) is 2. The molecular weight excluding hydrogens is 333 g/mol. The summed E-state index contributed by atoms with van der Waals surface area (Å²) >= 11 is 0. The van der Waals surface area contributed by atoms with Crippen LogP contribution in [0.3, 0.4) is 0 Å². The summed E-state index contributed by atoms with van der Waals surface area (Å²) in [6.45, 7) is 2.30. The molecule has 3 aromatic rings. The van der Waals surface area contributed by atoms with Crippen LogP contribution in [0.15, 0.2) is 46.9 Å². The molecule has 0 saturated carbocycles. The normalized spacial score (nSPS) is 15.6. The second kappa shape index (κ2) is 6.07. The van der Waals surface area contributed by atoms with Crippen LogP contribution >= 0.6 is 0 Å². The van der Waals surface area contributed by atoms with E-state index in [1.165, 1.54) is 6.07 Å². The van der Waals surface area contributed by atoms with E-state index in [9.17, 15) is 13.2 Å². The Balaban J connectivity index is 1.56. The maximum absolute atomic E-state index is 12.8. The number of benzene rings is 2. The van der Waals surface area contributed by atoms with Gasteiger partial charge in [0.25, 0.3) is 0 Å². The maximum Gasteiger partial charge on any atom is 0.416 e. The molecule has 0 unspecified atom stereocenters. The van der Waals surface area contributed by atoms with Gasteiger partial charge in [0.15, 0.2) is 5.58 Å². The lowest BCUT2D eigenvalue weighted by Gasteiger charge is -2.16. The minimum atomic E-state index is -4.39. The molecule has 4 nitrogen and oxygen atoms in total. The van der Waals surface area contributed by atoms with Crippen LogP contribution in [0.2, 0.25) is 0 Å². The van der Waals surface area contributed by atoms with E-state index in [1.807, 2.05) is 24.3 Å². The van der Waals surface area contributed by atoms with Gasteiger partial charge in [-0.1, -0.05) is 18.2 Å². The van der Waals surface area contributed by atoms with E-state index in [-0.39, 0.29) is 5.52 Å². The standard InChI is InChI=1S/C18H15F3N2O2/c19-18(20,21)13-5-6-16-14(9-13)22-17(25-16)11-23-7-8-24-15-4-2-1-3-12(15)10-23/h1-6,9H,7-8,10-11H2. The number of oxazole rings is 1. The Morgan fingerprint density at radius 1 is 1.12 bits per heavy atom. The number of ether oxygens (including phenoxy) is 1. The molecule has 130 valence electrons. The molecular formula is C18H15F3N2O2. The van der Waals surface area contributed by atoms with E-state index >= 15 is 0 Å². The van der Waals surface area contributed by atoms with Crippen LogP contribution in [-0.2, 0) is 19.3 Å². The van der Waals surface area contributed by atoms with Crippen LogP contribution in [0.5, 0.6) is 5.75 Å². The van der Waals surface area contributed by atoms with Gasteiger partial charge in [-0.05, 0) is 24.3 Å². The van der Waals surface area contributed by atoms with Crippen LogP contribution in [0.4, 0.5) is 13.2 Å². The summed E-state index contributed by atoms with van der Waals surface area (Å²) in [5.74, 6) is 1.26. The van der Waals surface area contributed by atoms with E-state index in [0.717, 1.165) is 23.4 Å². The fourth-order valence-electron chi connectivity index (χ4n) is 2.93. The monoisotopic (exact) mass is 348 g/mol. The quantitative estimate of drug-likeness (QED) is 0.694. The van der Waals surface area contributed by atoms with E-state index in [2.05, 4.69) is 9.88 Å². The van der Waals surface area contributed by atoms with E-state index in [4.69, 9.17) is 9.15 Å². The summed E-state index contributed by atoms with van der Waals surface area (Å²) in [6.07, 6.45) is -4.39. The number of aromatic nitrogens is 1. The van der Waals surface area contributed by atoms with Gasteiger partial charge in [-0.25, -0.2) is 4.98 Å². The molecule has 4 rings (SSSR count). The molecule has 0 atom stereocenters. The Kier molecular flexibility index (Phi) is 3.88. The fraction of sp³-hybridized carbons (Fsp3) is 0.278. The van der Waals surface area contributed by atoms with Crippen molar-refractivity contribution >= 4 is 11.1 Å². The zero-order chi connectivity index (χ0) is 17.4. The Morgan fingerprint density at radius 3 is 2.80 bits per heavy atom. The summed E-state index contributed by atoms with van der Waals surface area (Å²) in [5.41, 5.74) is 0.915. The zero-order valence-electron chi connectivity index (χ0n) is 13.2. The summed E-state index contributed by atoms with van der Waals surface area (Å²) < 4.78 is 49.7. The molecule has 2 aromatic carbocycles. The molecule has 0 aliphatic carbocycles. The SMILES string of the molecule is FC(F)(F)c1ccc2oc(CN3CCOc4ccccc4C3)nc2c1. The summed E-state index contributed by atoms with van der Waals surface area (Å²) in [5, 5.41) is 0. The van der Waals surface area contributed by atoms with Gasteiger partial charge in [0.05, 0.1) is 12.1 Å². The highest BCUT2D eigenvalue weighted by molar-refractivity contribution is 5.73. The molecule has 1 aliphatic rings. The predicted octanol–water partition coefficient (Wildman–Crippen LogP) is 4.24. The van der Waals surface area contributed by atoms with Crippen molar-refractivity contribution in [3.63, 3.8) is 0 Å². The van der Waals surface area contributed by atoms with Crippen LogP contribution in [0, 0.1) is 0 Å². The van der Waals surface area contributed by atoms with Gasteiger partial charge in [-0.15, -0.1) is 0 Å². The van der Waals surface area contributed by atoms with Crippen molar-refractivity contribution in [1.82, 2.24) is 9.88 Å². The van der Waals surface area contributed by atoms with E-state index in [1.54, 1.807) is 0 Å². The third-order valence-corrected chi connectivity index (χ3v) is 4.15. The lowest BCUT2D eigenvalue weighted by atomic mass is 10.2. The largest absolute Gasteiger partial charge is 0.492 e. The lowest BCUT2D eigenvalue weighted by Crippen LogP contribution is -2.25. The fourth-order valence-corrected chi connectivity index (χ4v) is 2.93. The van der Waals surface area contributed by atoms with Crippen LogP contribution in [0.25, 0.3) is 11.1 Å². The second-order valence-electron chi connectivity index (χ2n) is 5.95. The molecule has 1 aromatic heterocycles. The van der Waals surface area contributed by atoms with Gasteiger partial charge in [0.1, 0.15) is 17.9 Å². The van der Waals surface area contributed by atoms with Gasteiger partial charge in [-0.3, -0.25) is 4.90 Å². The molecule has 25 heavy (non-hydrogen) atoms. The summed E-state index contributed by atoms with van der Waals surface area (Å²) in [4.78, 5) is 6.32. The topological polar surface area (TPSA) is 38.5 Å². The Labute approximate surface area is 141 Å². The van der Waals surface area contributed by atoms with Gasteiger partial charge in [0, 0.05) is 18.7 Å². The molecule has 0 N–H and O–H groups in total. The number of hydrogen-bond donors (Lipinski definition) is 0. The highest BCUT2D eigenvalue weighted by Gasteiger charge is 2.31. The Morgan fingerprint density at radius 2 is 1.96 bits per heavy atom. The molecule has 0 radical (unpaired) electrons. The summed E-state index contributed by atoms with van der Waals surface area (Å²) in [6, 6.07) is 11.1. The highest BCUT2D eigenvalue weighted by Crippen LogP contribution is 2.31. The van der Waals surface area contributed by atoms with Crippen molar-refractivity contribution in [3.05, 3.63) is 59.5 Å². The third kappa shape index (κ3) is 3.32. The first kappa shape index (κ1) is 16.0. The van der Waals surface area contributed by atoms with Crippen molar-refractivity contribution in [2.75, 3.05) is 13.2 Å². The Bertz CT molecular complexity index is 905. The van der Waals surface area contributed by atoms with Gasteiger partial charge in [-0.2, -0.15) is 13.2 Å². The number of halogens is 3. The highest BCUT2D eigenvalue weighted by atomic mass is 19.4. The molecule has 1 aliphatic heterocycles. The minimum Gasteiger partial charge on any atom is -0.492 e. The van der Waals surface area contributed by atoms with Crippen molar-refractivity contribution < 1.29 is 22.3 Å². The Hall–Kier alpha value is -2.54. The number of hydrogen-bond acceptors (Lipinski definition) is 4. The van der Waals surface area contributed by atoms with Gasteiger partial charge < -0.3 is 9.15 Å².